The Bertz CT molecular complexity index is 849. The summed E-state index contributed by atoms with van der Waals surface area (Å²) in [5.74, 6) is -0.513. The lowest BCUT2D eigenvalue weighted by molar-refractivity contribution is -0.177. The maximum Gasteiger partial charge on any atom is 0.296 e. The van der Waals surface area contributed by atoms with Gasteiger partial charge in [0.05, 0.1) is 24.7 Å². The smallest absolute Gasteiger partial charge is 0.296 e. The Labute approximate surface area is 168 Å². The van der Waals surface area contributed by atoms with Gasteiger partial charge in [-0.25, -0.2) is 0 Å². The second-order valence-electron chi connectivity index (χ2n) is 9.26. The van der Waals surface area contributed by atoms with E-state index >= 15 is 0 Å². The molecule has 1 saturated carbocycles. The van der Waals surface area contributed by atoms with E-state index in [4.69, 9.17) is 13.7 Å². The largest absolute Gasteiger partial charge is 0.344 e. The molecule has 1 spiro atoms. The topological polar surface area (TPSA) is 61.8 Å². The second kappa shape index (κ2) is 6.94. The molecule has 2 atom stereocenters. The van der Waals surface area contributed by atoms with Gasteiger partial charge in [0, 0.05) is 11.8 Å². The highest BCUT2D eigenvalue weighted by atomic mass is 32.2. The zero-order valence-corrected chi connectivity index (χ0v) is 17.8. The molecule has 5 nitrogen and oxygen atoms in total. The van der Waals surface area contributed by atoms with Gasteiger partial charge in [0.15, 0.2) is 5.79 Å². The van der Waals surface area contributed by atoms with E-state index in [-0.39, 0.29) is 28.3 Å². The quantitative estimate of drug-likeness (QED) is 0.553. The summed E-state index contributed by atoms with van der Waals surface area (Å²) in [6, 6.07) is 6.80. The zero-order chi connectivity index (χ0) is 20.0. The predicted molar refractivity (Wildman–Crippen MR) is 106 cm³/mol. The van der Waals surface area contributed by atoms with Gasteiger partial charge in [-0.3, -0.25) is 4.18 Å². The molecule has 0 bridgehead atoms. The summed E-state index contributed by atoms with van der Waals surface area (Å²) in [6.07, 6.45) is 7.93. The number of hydrogen-bond acceptors (Lipinski definition) is 5. The molecule has 1 aromatic rings. The zero-order valence-electron chi connectivity index (χ0n) is 16.9. The Hall–Kier alpha value is -1.21. The van der Waals surface area contributed by atoms with Crippen molar-refractivity contribution < 1.29 is 22.1 Å². The maximum absolute atomic E-state index is 12.8. The molecule has 6 heteroatoms. The minimum absolute atomic E-state index is 0.0753. The molecule has 1 saturated heterocycles. The monoisotopic (exact) mass is 406 g/mol. The molecule has 0 amide bonds. The number of aryl methyl sites for hydroxylation is 1. The Morgan fingerprint density at radius 1 is 1.11 bits per heavy atom. The van der Waals surface area contributed by atoms with Crippen molar-refractivity contribution in [1.82, 2.24) is 0 Å². The van der Waals surface area contributed by atoms with Crippen molar-refractivity contribution in [3.05, 3.63) is 42.0 Å². The molecular weight excluding hydrogens is 376 g/mol. The van der Waals surface area contributed by atoms with Crippen LogP contribution in [0.2, 0.25) is 0 Å². The van der Waals surface area contributed by atoms with E-state index in [9.17, 15) is 8.42 Å². The normalized spacial score (nSPS) is 31.0. The molecule has 0 radical (unpaired) electrons. The fourth-order valence-electron chi connectivity index (χ4n) is 5.34. The highest BCUT2D eigenvalue weighted by Crippen LogP contribution is 2.58. The first kappa shape index (κ1) is 20.1. The molecule has 154 valence electrons. The van der Waals surface area contributed by atoms with Gasteiger partial charge in [0.2, 0.25) is 0 Å². The maximum atomic E-state index is 12.8. The van der Waals surface area contributed by atoms with E-state index in [0.29, 0.717) is 19.6 Å². The number of fused-ring (bicyclic) bond motifs is 1. The molecule has 0 aromatic heterocycles. The molecule has 0 unspecified atom stereocenters. The minimum Gasteiger partial charge on any atom is -0.344 e. The van der Waals surface area contributed by atoms with Gasteiger partial charge < -0.3 is 9.47 Å². The van der Waals surface area contributed by atoms with Crippen LogP contribution < -0.4 is 0 Å². The summed E-state index contributed by atoms with van der Waals surface area (Å²) in [5.41, 5.74) is 0.770. The van der Waals surface area contributed by atoms with Crippen LogP contribution in [0.15, 0.2) is 41.3 Å². The van der Waals surface area contributed by atoms with Crippen LogP contribution in [-0.2, 0) is 23.8 Å². The van der Waals surface area contributed by atoms with Crippen molar-refractivity contribution >= 4 is 10.1 Å². The third-order valence-corrected chi connectivity index (χ3v) is 8.00. The number of hydrogen-bond donors (Lipinski definition) is 0. The SMILES string of the molecule is Cc1ccc(S(=O)(=O)OC[C@@]23CCCC(C)(C)[C@H]2C=CC2(C3)OCCO2)cc1. The third-order valence-electron chi connectivity index (χ3n) is 6.73. The first-order valence-electron chi connectivity index (χ1n) is 10.1. The van der Waals surface area contributed by atoms with Crippen LogP contribution in [0.3, 0.4) is 0 Å². The van der Waals surface area contributed by atoms with Crippen molar-refractivity contribution in [2.45, 2.75) is 57.1 Å². The number of ether oxygens (including phenoxy) is 2. The van der Waals surface area contributed by atoms with Gasteiger partial charge in [-0.15, -0.1) is 0 Å². The third kappa shape index (κ3) is 3.56. The molecule has 4 rings (SSSR count). The second-order valence-corrected chi connectivity index (χ2v) is 10.9. The van der Waals surface area contributed by atoms with Crippen molar-refractivity contribution in [3.8, 4) is 0 Å². The number of allylic oxidation sites excluding steroid dienone is 1. The molecule has 3 aliphatic rings. The molecular formula is C22H30O5S. The van der Waals surface area contributed by atoms with Crippen LogP contribution in [0, 0.1) is 23.7 Å². The summed E-state index contributed by atoms with van der Waals surface area (Å²) >= 11 is 0. The Kier molecular flexibility index (Phi) is 4.98. The van der Waals surface area contributed by atoms with E-state index in [0.717, 1.165) is 24.8 Å². The molecule has 1 heterocycles. The predicted octanol–water partition coefficient (Wildman–Crippen LogP) is 4.22. The minimum atomic E-state index is -3.81. The Balaban J connectivity index is 1.62. The first-order valence-corrected chi connectivity index (χ1v) is 11.5. The summed E-state index contributed by atoms with van der Waals surface area (Å²) in [5, 5.41) is 0. The van der Waals surface area contributed by atoms with Crippen molar-refractivity contribution in [2.75, 3.05) is 19.8 Å². The van der Waals surface area contributed by atoms with Crippen LogP contribution in [0.25, 0.3) is 0 Å². The highest BCUT2D eigenvalue weighted by Gasteiger charge is 2.56. The molecule has 1 aliphatic heterocycles. The van der Waals surface area contributed by atoms with Crippen LogP contribution in [0.5, 0.6) is 0 Å². The van der Waals surface area contributed by atoms with Gasteiger partial charge in [-0.1, -0.05) is 44.0 Å². The first-order chi connectivity index (χ1) is 13.2. The van der Waals surface area contributed by atoms with Gasteiger partial charge in [-0.05, 0) is 49.3 Å². The van der Waals surface area contributed by atoms with Crippen molar-refractivity contribution in [3.63, 3.8) is 0 Å². The fourth-order valence-corrected chi connectivity index (χ4v) is 6.34. The number of rotatable bonds is 4. The highest BCUT2D eigenvalue weighted by molar-refractivity contribution is 7.86. The lowest BCUT2D eigenvalue weighted by atomic mass is 9.52. The van der Waals surface area contributed by atoms with Gasteiger partial charge in [-0.2, -0.15) is 8.42 Å². The summed E-state index contributed by atoms with van der Waals surface area (Å²) in [7, 11) is -3.81. The lowest BCUT2D eigenvalue weighted by Gasteiger charge is -2.55. The summed E-state index contributed by atoms with van der Waals surface area (Å²) < 4.78 is 43.2. The average molecular weight is 407 g/mol. The van der Waals surface area contributed by atoms with Crippen LogP contribution >= 0.6 is 0 Å². The van der Waals surface area contributed by atoms with Gasteiger partial charge in [0.1, 0.15) is 0 Å². The Morgan fingerprint density at radius 3 is 2.46 bits per heavy atom. The van der Waals surface area contributed by atoms with Crippen LogP contribution in [-0.4, -0.2) is 34.0 Å². The van der Waals surface area contributed by atoms with Crippen LogP contribution in [0.1, 0.15) is 45.1 Å². The van der Waals surface area contributed by atoms with E-state index in [1.165, 1.54) is 0 Å². The fraction of sp³-hybridized carbons (Fsp3) is 0.636. The van der Waals surface area contributed by atoms with Crippen molar-refractivity contribution in [2.24, 2.45) is 16.7 Å². The molecule has 2 aliphatic carbocycles. The van der Waals surface area contributed by atoms with Gasteiger partial charge in [0.25, 0.3) is 10.1 Å². The van der Waals surface area contributed by atoms with Crippen molar-refractivity contribution in [1.29, 1.82) is 0 Å². The van der Waals surface area contributed by atoms with Gasteiger partial charge >= 0.3 is 0 Å². The lowest BCUT2D eigenvalue weighted by Crippen LogP contribution is -2.53. The van der Waals surface area contributed by atoms with E-state index in [1.54, 1.807) is 24.3 Å². The molecule has 1 aromatic carbocycles. The van der Waals surface area contributed by atoms with E-state index in [2.05, 4.69) is 19.9 Å². The standard InChI is InChI=1S/C22H30O5S/c1-17-5-7-18(8-6-17)28(23,24)27-16-21-11-4-10-20(2,3)19(21)9-12-22(15-21)25-13-14-26-22/h5-9,12,19H,4,10-11,13-16H2,1-3H3/t19-,21+/m1/s1. The Morgan fingerprint density at radius 2 is 1.79 bits per heavy atom. The molecule has 2 fully saturated rings. The summed E-state index contributed by atoms with van der Waals surface area (Å²) in [6.45, 7) is 7.74. The summed E-state index contributed by atoms with van der Waals surface area (Å²) in [4.78, 5) is 0.204. The van der Waals surface area contributed by atoms with Crippen LogP contribution in [0.4, 0.5) is 0 Å². The van der Waals surface area contributed by atoms with E-state index < -0.39 is 15.9 Å². The molecule has 0 N–H and O–H groups in total. The number of benzene rings is 1. The average Bonchev–Trinajstić information content (AvgIpc) is 3.07. The molecule has 28 heavy (non-hydrogen) atoms. The van der Waals surface area contributed by atoms with E-state index in [1.807, 2.05) is 13.0 Å².